The summed E-state index contributed by atoms with van der Waals surface area (Å²) in [5.74, 6) is 0.404. The largest absolute Gasteiger partial charge is 0.461 e. The Balaban J connectivity index is 2.07. The van der Waals surface area contributed by atoms with E-state index in [4.69, 9.17) is 4.74 Å². The molecule has 0 radical (unpaired) electrons. The fourth-order valence-corrected chi connectivity index (χ4v) is 2.97. The molecule has 1 amide bonds. The zero-order chi connectivity index (χ0) is 20.4. The number of carbonyl (C=O) groups excluding carboxylic acids is 2. The lowest BCUT2D eigenvalue weighted by Gasteiger charge is -2.10. The fourth-order valence-electron chi connectivity index (χ4n) is 2.97. The van der Waals surface area contributed by atoms with Crippen molar-refractivity contribution in [3.8, 4) is 11.3 Å². The highest BCUT2D eigenvalue weighted by molar-refractivity contribution is 5.96. The molecule has 0 saturated heterocycles. The SMILES string of the molecule is CCOC(=O)c1nc(C(C)C)n2ccc(-c3ccc(C(=O)N(C)C)cn3)cc12. The molecule has 0 aliphatic carbocycles. The van der Waals surface area contributed by atoms with Crippen molar-refractivity contribution in [2.75, 3.05) is 20.7 Å². The average molecular weight is 380 g/mol. The predicted octanol–water partition coefficient (Wildman–Crippen LogP) is 3.40. The molecule has 3 heterocycles. The van der Waals surface area contributed by atoms with Crippen molar-refractivity contribution in [2.45, 2.75) is 26.7 Å². The Morgan fingerprint density at radius 2 is 1.96 bits per heavy atom. The summed E-state index contributed by atoms with van der Waals surface area (Å²) in [6.45, 7) is 6.11. The van der Waals surface area contributed by atoms with Crippen molar-refractivity contribution in [3.63, 3.8) is 0 Å². The van der Waals surface area contributed by atoms with Crippen molar-refractivity contribution >= 4 is 17.4 Å². The standard InChI is InChI=1S/C21H24N4O3/c1-6-28-21(27)18-17-11-14(9-10-25(17)19(23-18)13(2)3)16-8-7-15(12-22-16)20(26)24(4)5/h7-13H,6H2,1-5H3. The summed E-state index contributed by atoms with van der Waals surface area (Å²) >= 11 is 0. The second kappa shape index (κ2) is 7.80. The monoisotopic (exact) mass is 380 g/mol. The van der Waals surface area contributed by atoms with Crippen LogP contribution < -0.4 is 0 Å². The molecule has 0 aromatic carbocycles. The van der Waals surface area contributed by atoms with Gasteiger partial charge in [0.25, 0.3) is 5.91 Å². The number of rotatable bonds is 5. The Hall–Kier alpha value is -3.22. The van der Waals surface area contributed by atoms with Gasteiger partial charge in [-0.25, -0.2) is 9.78 Å². The molecule has 0 aliphatic heterocycles. The summed E-state index contributed by atoms with van der Waals surface area (Å²) in [4.78, 5) is 34.9. The quantitative estimate of drug-likeness (QED) is 0.634. The van der Waals surface area contributed by atoms with Gasteiger partial charge in [0.15, 0.2) is 5.69 Å². The highest BCUT2D eigenvalue weighted by Crippen LogP contribution is 2.25. The molecule has 0 saturated carbocycles. The van der Waals surface area contributed by atoms with E-state index in [2.05, 4.69) is 9.97 Å². The van der Waals surface area contributed by atoms with Gasteiger partial charge in [0.05, 0.1) is 23.4 Å². The molecule has 0 N–H and O–H groups in total. The molecule has 3 rings (SSSR count). The first kappa shape index (κ1) is 19.5. The Kier molecular flexibility index (Phi) is 5.44. The number of esters is 1. The molecule has 0 aliphatic rings. The number of fused-ring (bicyclic) bond motifs is 1. The van der Waals surface area contributed by atoms with Crippen molar-refractivity contribution < 1.29 is 14.3 Å². The number of ether oxygens (including phenoxy) is 1. The summed E-state index contributed by atoms with van der Waals surface area (Å²) < 4.78 is 7.07. The van der Waals surface area contributed by atoms with E-state index >= 15 is 0 Å². The van der Waals surface area contributed by atoms with Crippen LogP contribution in [0.15, 0.2) is 36.7 Å². The lowest BCUT2D eigenvalue weighted by atomic mass is 10.1. The first-order valence-electron chi connectivity index (χ1n) is 9.20. The molecule has 0 bridgehead atoms. The normalized spacial score (nSPS) is 11.1. The lowest BCUT2D eigenvalue weighted by Crippen LogP contribution is -2.21. The van der Waals surface area contributed by atoms with Crippen molar-refractivity contribution in [1.29, 1.82) is 0 Å². The number of aromatic nitrogens is 3. The molecule has 0 spiro atoms. The second-order valence-corrected chi connectivity index (χ2v) is 7.00. The van der Waals surface area contributed by atoms with Crippen LogP contribution in [0.25, 0.3) is 16.8 Å². The van der Waals surface area contributed by atoms with Gasteiger partial charge < -0.3 is 14.0 Å². The van der Waals surface area contributed by atoms with Gasteiger partial charge >= 0.3 is 5.97 Å². The average Bonchev–Trinajstić information content (AvgIpc) is 3.07. The van der Waals surface area contributed by atoms with E-state index in [1.54, 1.807) is 39.3 Å². The minimum Gasteiger partial charge on any atom is -0.461 e. The van der Waals surface area contributed by atoms with E-state index in [1.807, 2.05) is 36.6 Å². The molecule has 7 heteroatoms. The zero-order valence-corrected chi connectivity index (χ0v) is 16.8. The van der Waals surface area contributed by atoms with Crippen LogP contribution >= 0.6 is 0 Å². The van der Waals surface area contributed by atoms with Crippen LogP contribution in [0.1, 0.15) is 53.4 Å². The van der Waals surface area contributed by atoms with Gasteiger partial charge in [-0.2, -0.15) is 0 Å². The summed E-state index contributed by atoms with van der Waals surface area (Å²) in [5, 5.41) is 0. The second-order valence-electron chi connectivity index (χ2n) is 7.00. The van der Waals surface area contributed by atoms with Gasteiger partial charge in [-0.1, -0.05) is 13.8 Å². The van der Waals surface area contributed by atoms with Gasteiger partial charge in [-0.05, 0) is 31.2 Å². The summed E-state index contributed by atoms with van der Waals surface area (Å²) in [6.07, 6.45) is 3.44. The maximum Gasteiger partial charge on any atom is 0.359 e. The zero-order valence-electron chi connectivity index (χ0n) is 16.8. The van der Waals surface area contributed by atoms with Crippen LogP contribution in [-0.2, 0) is 4.74 Å². The molecule has 7 nitrogen and oxygen atoms in total. The third kappa shape index (κ3) is 3.60. The van der Waals surface area contributed by atoms with E-state index < -0.39 is 5.97 Å². The summed E-state index contributed by atoms with van der Waals surface area (Å²) in [6, 6.07) is 7.34. The number of carbonyl (C=O) groups is 2. The highest BCUT2D eigenvalue weighted by Gasteiger charge is 2.21. The Bertz CT molecular complexity index is 1020. The third-order valence-corrected chi connectivity index (χ3v) is 4.37. The van der Waals surface area contributed by atoms with E-state index in [0.717, 1.165) is 11.4 Å². The smallest absolute Gasteiger partial charge is 0.359 e. The van der Waals surface area contributed by atoms with E-state index in [9.17, 15) is 9.59 Å². The predicted molar refractivity (Wildman–Crippen MR) is 106 cm³/mol. The molecule has 0 atom stereocenters. The van der Waals surface area contributed by atoms with Crippen LogP contribution in [0.5, 0.6) is 0 Å². The van der Waals surface area contributed by atoms with E-state index in [-0.39, 0.29) is 18.4 Å². The minimum absolute atomic E-state index is 0.100. The van der Waals surface area contributed by atoms with Crippen molar-refractivity contribution in [1.82, 2.24) is 19.3 Å². The first-order valence-corrected chi connectivity index (χ1v) is 9.20. The first-order chi connectivity index (χ1) is 13.3. The highest BCUT2D eigenvalue weighted by atomic mass is 16.5. The molecular weight excluding hydrogens is 356 g/mol. The van der Waals surface area contributed by atoms with Crippen LogP contribution in [0, 0.1) is 0 Å². The minimum atomic E-state index is -0.441. The van der Waals surface area contributed by atoms with Gasteiger partial charge in [0, 0.05) is 38.0 Å². The van der Waals surface area contributed by atoms with Crippen LogP contribution in [0.2, 0.25) is 0 Å². The molecule has 3 aromatic rings. The molecule has 28 heavy (non-hydrogen) atoms. The molecular formula is C21H24N4O3. The Labute approximate surface area is 164 Å². The lowest BCUT2D eigenvalue weighted by molar-refractivity contribution is 0.0522. The maximum absolute atomic E-state index is 12.4. The number of imidazole rings is 1. The van der Waals surface area contributed by atoms with Crippen LogP contribution in [0.3, 0.4) is 0 Å². The molecule has 0 unspecified atom stereocenters. The summed E-state index contributed by atoms with van der Waals surface area (Å²) in [5.41, 5.74) is 3.03. The Morgan fingerprint density at radius 3 is 2.54 bits per heavy atom. The topological polar surface area (TPSA) is 76.8 Å². The number of nitrogens with zero attached hydrogens (tertiary/aromatic N) is 4. The van der Waals surface area contributed by atoms with E-state index in [1.165, 1.54) is 4.90 Å². The number of hydrogen-bond donors (Lipinski definition) is 0. The van der Waals surface area contributed by atoms with E-state index in [0.29, 0.717) is 22.5 Å². The molecule has 146 valence electrons. The number of hydrogen-bond acceptors (Lipinski definition) is 5. The van der Waals surface area contributed by atoms with Gasteiger partial charge in [0.1, 0.15) is 5.82 Å². The van der Waals surface area contributed by atoms with Gasteiger partial charge in [0.2, 0.25) is 0 Å². The number of pyridine rings is 2. The third-order valence-electron chi connectivity index (χ3n) is 4.37. The van der Waals surface area contributed by atoms with Gasteiger partial charge in [-0.15, -0.1) is 0 Å². The summed E-state index contributed by atoms with van der Waals surface area (Å²) in [7, 11) is 3.40. The molecule has 3 aromatic heterocycles. The van der Waals surface area contributed by atoms with Crippen LogP contribution in [0.4, 0.5) is 0 Å². The van der Waals surface area contributed by atoms with Crippen LogP contribution in [-0.4, -0.2) is 51.8 Å². The fraction of sp³-hybridized carbons (Fsp3) is 0.333. The van der Waals surface area contributed by atoms with Crippen molar-refractivity contribution in [2.24, 2.45) is 0 Å². The van der Waals surface area contributed by atoms with Crippen molar-refractivity contribution in [3.05, 3.63) is 53.7 Å². The molecule has 0 fully saturated rings. The Morgan fingerprint density at radius 1 is 1.21 bits per heavy atom. The number of amides is 1. The maximum atomic E-state index is 12.4. The van der Waals surface area contributed by atoms with Gasteiger partial charge in [-0.3, -0.25) is 9.78 Å².